The predicted octanol–water partition coefficient (Wildman–Crippen LogP) is 3.27. The summed E-state index contributed by atoms with van der Waals surface area (Å²) in [6, 6.07) is 0. The average Bonchev–Trinajstić information content (AvgIpc) is 2.24. The van der Waals surface area contributed by atoms with E-state index in [0.29, 0.717) is 6.61 Å². The molecule has 0 aliphatic heterocycles. The molecule has 0 aliphatic rings. The fraction of sp³-hybridized carbons (Fsp3) is 0.692. The molecule has 3 nitrogen and oxygen atoms in total. The molecule has 0 bridgehead atoms. The average molecular weight is 228 g/mol. The van der Waals surface area contributed by atoms with Crippen LogP contribution in [-0.2, 0) is 14.2 Å². The van der Waals surface area contributed by atoms with Crippen molar-refractivity contribution in [3.63, 3.8) is 0 Å². The molecule has 0 aliphatic carbocycles. The number of hydrogen-bond acceptors (Lipinski definition) is 3. The molecule has 0 aromatic rings. The van der Waals surface area contributed by atoms with Crippen LogP contribution < -0.4 is 0 Å². The molecule has 3 heteroatoms. The maximum absolute atomic E-state index is 5.30. The van der Waals surface area contributed by atoms with E-state index in [4.69, 9.17) is 14.2 Å². The van der Waals surface area contributed by atoms with Crippen LogP contribution in [0.4, 0.5) is 0 Å². The van der Waals surface area contributed by atoms with Gasteiger partial charge in [-0.05, 0) is 33.6 Å². The fourth-order valence-electron chi connectivity index (χ4n) is 1.19. The Labute approximate surface area is 99.1 Å². The monoisotopic (exact) mass is 228 g/mol. The molecule has 0 unspecified atom stereocenters. The number of ether oxygens (including phenoxy) is 3. The molecule has 0 fully saturated rings. The zero-order valence-electron chi connectivity index (χ0n) is 11.1. The Balaban J connectivity index is 3.74. The van der Waals surface area contributed by atoms with Gasteiger partial charge in [0, 0.05) is 14.2 Å². The van der Waals surface area contributed by atoms with Crippen molar-refractivity contribution in [3.8, 4) is 0 Å². The van der Waals surface area contributed by atoms with Crippen molar-refractivity contribution in [1.82, 2.24) is 0 Å². The minimum Gasteiger partial charge on any atom is -0.333 e. The van der Waals surface area contributed by atoms with Crippen molar-refractivity contribution >= 4 is 0 Å². The maximum atomic E-state index is 5.30. The second-order valence-corrected chi connectivity index (χ2v) is 3.96. The molecular weight excluding hydrogens is 204 g/mol. The van der Waals surface area contributed by atoms with Gasteiger partial charge in [0.15, 0.2) is 0 Å². The zero-order valence-corrected chi connectivity index (χ0v) is 11.1. The van der Waals surface area contributed by atoms with Crippen molar-refractivity contribution in [3.05, 3.63) is 23.3 Å². The van der Waals surface area contributed by atoms with Crippen molar-refractivity contribution < 1.29 is 14.2 Å². The van der Waals surface area contributed by atoms with Crippen LogP contribution in [0.5, 0.6) is 0 Å². The summed E-state index contributed by atoms with van der Waals surface area (Å²) in [6.45, 7) is 6.29. The maximum Gasteiger partial charge on any atom is 0.271 e. The number of hydrogen-bond donors (Lipinski definition) is 0. The Morgan fingerprint density at radius 1 is 1.06 bits per heavy atom. The van der Waals surface area contributed by atoms with Gasteiger partial charge in [-0.1, -0.05) is 23.3 Å². The third kappa shape index (κ3) is 8.65. The van der Waals surface area contributed by atoms with Gasteiger partial charge in [0.1, 0.15) is 0 Å². The van der Waals surface area contributed by atoms with Crippen LogP contribution >= 0.6 is 0 Å². The number of methoxy groups -OCH3 is 2. The zero-order chi connectivity index (χ0) is 12.4. The second-order valence-electron chi connectivity index (χ2n) is 3.96. The lowest BCUT2D eigenvalue weighted by Crippen LogP contribution is -2.17. The Morgan fingerprint density at radius 2 is 1.69 bits per heavy atom. The SMILES string of the molecule is COC(OC)OC/C=C(\C)CCC=C(C)C. The molecule has 0 heterocycles. The van der Waals surface area contributed by atoms with Crippen LogP contribution in [-0.4, -0.2) is 27.3 Å². The van der Waals surface area contributed by atoms with Crippen LogP contribution in [0.3, 0.4) is 0 Å². The first-order chi connectivity index (χ1) is 7.60. The summed E-state index contributed by atoms with van der Waals surface area (Å²) in [4.78, 5) is 0. The lowest BCUT2D eigenvalue weighted by atomic mass is 10.1. The largest absolute Gasteiger partial charge is 0.333 e. The van der Waals surface area contributed by atoms with E-state index in [1.54, 1.807) is 14.2 Å². The van der Waals surface area contributed by atoms with Gasteiger partial charge in [-0.3, -0.25) is 0 Å². The molecule has 0 aromatic carbocycles. The van der Waals surface area contributed by atoms with Gasteiger partial charge in [-0.15, -0.1) is 0 Å². The minimum absolute atomic E-state index is 0.521. The van der Waals surface area contributed by atoms with E-state index in [-0.39, 0.29) is 0 Å². The predicted molar refractivity (Wildman–Crippen MR) is 66.2 cm³/mol. The van der Waals surface area contributed by atoms with Crippen LogP contribution in [0.25, 0.3) is 0 Å². The molecule has 16 heavy (non-hydrogen) atoms. The first-order valence-electron chi connectivity index (χ1n) is 5.56. The highest BCUT2D eigenvalue weighted by molar-refractivity contribution is 5.02. The van der Waals surface area contributed by atoms with E-state index < -0.39 is 6.48 Å². The first-order valence-corrected chi connectivity index (χ1v) is 5.56. The molecule has 94 valence electrons. The fourth-order valence-corrected chi connectivity index (χ4v) is 1.19. The third-order valence-corrected chi connectivity index (χ3v) is 2.14. The molecule has 0 saturated carbocycles. The Kier molecular flexibility index (Phi) is 9.19. The van der Waals surface area contributed by atoms with Crippen molar-refractivity contribution in [2.75, 3.05) is 20.8 Å². The summed E-state index contributed by atoms with van der Waals surface area (Å²) < 4.78 is 15.1. The molecule has 0 radical (unpaired) electrons. The summed E-state index contributed by atoms with van der Waals surface area (Å²) in [5, 5.41) is 0. The van der Waals surface area contributed by atoms with Gasteiger partial charge in [-0.25, -0.2) is 0 Å². The van der Waals surface area contributed by atoms with Gasteiger partial charge in [-0.2, -0.15) is 0 Å². The molecule has 0 N–H and O–H groups in total. The highest BCUT2D eigenvalue weighted by atomic mass is 16.8. The Hall–Kier alpha value is -0.640. The van der Waals surface area contributed by atoms with Gasteiger partial charge in [0.2, 0.25) is 0 Å². The lowest BCUT2D eigenvalue weighted by Gasteiger charge is -2.12. The lowest BCUT2D eigenvalue weighted by molar-refractivity contribution is -0.260. The Morgan fingerprint density at radius 3 is 2.19 bits per heavy atom. The van der Waals surface area contributed by atoms with Crippen molar-refractivity contribution in [1.29, 1.82) is 0 Å². The molecule has 0 rings (SSSR count). The molecular formula is C13H24O3. The van der Waals surface area contributed by atoms with Crippen LogP contribution in [0.15, 0.2) is 23.3 Å². The summed E-state index contributed by atoms with van der Waals surface area (Å²) in [5.74, 6) is 0. The third-order valence-electron chi connectivity index (χ3n) is 2.14. The standard InChI is InChI=1S/C13H24O3/c1-11(2)7-6-8-12(3)9-10-16-13(14-4)15-5/h7,9,13H,6,8,10H2,1-5H3/b12-9+. The van der Waals surface area contributed by atoms with Crippen LogP contribution in [0.2, 0.25) is 0 Å². The van der Waals surface area contributed by atoms with Gasteiger partial charge in [0.05, 0.1) is 6.61 Å². The van der Waals surface area contributed by atoms with E-state index in [1.165, 1.54) is 11.1 Å². The smallest absolute Gasteiger partial charge is 0.271 e. The molecule has 0 saturated heterocycles. The quantitative estimate of drug-likeness (QED) is 0.471. The highest BCUT2D eigenvalue weighted by Crippen LogP contribution is 2.06. The van der Waals surface area contributed by atoms with Crippen molar-refractivity contribution in [2.24, 2.45) is 0 Å². The van der Waals surface area contributed by atoms with Crippen LogP contribution in [0, 0.1) is 0 Å². The summed E-state index contributed by atoms with van der Waals surface area (Å²) in [7, 11) is 3.11. The van der Waals surface area contributed by atoms with Crippen LogP contribution in [0.1, 0.15) is 33.6 Å². The molecule has 0 aromatic heterocycles. The van der Waals surface area contributed by atoms with E-state index in [1.807, 2.05) is 0 Å². The highest BCUT2D eigenvalue weighted by Gasteiger charge is 2.02. The number of allylic oxidation sites excluding steroid dienone is 3. The summed E-state index contributed by atoms with van der Waals surface area (Å²) in [6.07, 6.45) is 6.46. The van der Waals surface area contributed by atoms with E-state index in [9.17, 15) is 0 Å². The summed E-state index contributed by atoms with van der Waals surface area (Å²) in [5.41, 5.74) is 2.69. The number of rotatable bonds is 8. The van der Waals surface area contributed by atoms with E-state index in [2.05, 4.69) is 32.9 Å². The minimum atomic E-state index is -0.568. The Bertz CT molecular complexity index is 223. The molecule has 0 amide bonds. The van der Waals surface area contributed by atoms with Gasteiger partial charge >= 0.3 is 0 Å². The van der Waals surface area contributed by atoms with Gasteiger partial charge < -0.3 is 14.2 Å². The van der Waals surface area contributed by atoms with Crippen molar-refractivity contribution in [2.45, 2.75) is 40.1 Å². The first kappa shape index (κ1) is 15.4. The summed E-state index contributed by atoms with van der Waals surface area (Å²) >= 11 is 0. The van der Waals surface area contributed by atoms with Gasteiger partial charge in [0.25, 0.3) is 6.48 Å². The topological polar surface area (TPSA) is 27.7 Å². The van der Waals surface area contributed by atoms with E-state index in [0.717, 1.165) is 12.8 Å². The normalized spacial score (nSPS) is 12.0. The second kappa shape index (κ2) is 9.58. The molecule has 0 spiro atoms. The van der Waals surface area contributed by atoms with E-state index >= 15 is 0 Å². The molecule has 0 atom stereocenters.